The highest BCUT2D eigenvalue weighted by molar-refractivity contribution is 5.39. The fraction of sp³-hybridized carbons (Fsp3) is 0.706. The Balaban J connectivity index is 1.89. The molecule has 3 heteroatoms. The minimum atomic E-state index is 0.686. The van der Waals surface area contributed by atoms with E-state index in [9.17, 15) is 0 Å². The van der Waals surface area contributed by atoms with Crippen LogP contribution < -0.4 is 10.2 Å². The van der Waals surface area contributed by atoms with Gasteiger partial charge in [0.1, 0.15) is 5.82 Å². The third-order valence-electron chi connectivity index (χ3n) is 4.17. The molecule has 1 aromatic rings. The number of pyridine rings is 1. The Morgan fingerprint density at radius 2 is 2.05 bits per heavy atom. The van der Waals surface area contributed by atoms with Crippen LogP contribution in [0.3, 0.4) is 0 Å². The average molecular weight is 275 g/mol. The Morgan fingerprint density at radius 1 is 1.30 bits per heavy atom. The van der Waals surface area contributed by atoms with Crippen molar-refractivity contribution in [1.29, 1.82) is 0 Å². The monoisotopic (exact) mass is 275 g/mol. The summed E-state index contributed by atoms with van der Waals surface area (Å²) in [5.41, 5.74) is 1.15. The van der Waals surface area contributed by atoms with Gasteiger partial charge < -0.3 is 10.2 Å². The van der Waals surface area contributed by atoms with Gasteiger partial charge >= 0.3 is 0 Å². The average Bonchev–Trinajstić information content (AvgIpc) is 2.47. The van der Waals surface area contributed by atoms with Crippen molar-refractivity contribution >= 4 is 5.82 Å². The quantitative estimate of drug-likeness (QED) is 0.862. The van der Waals surface area contributed by atoms with E-state index < -0.39 is 0 Å². The van der Waals surface area contributed by atoms with Gasteiger partial charge in [0.05, 0.1) is 5.69 Å². The first-order chi connectivity index (χ1) is 9.69. The molecule has 2 heterocycles. The van der Waals surface area contributed by atoms with Crippen LogP contribution in [0.5, 0.6) is 0 Å². The lowest BCUT2D eigenvalue weighted by Crippen LogP contribution is -2.34. The van der Waals surface area contributed by atoms with Crippen LogP contribution in [0.4, 0.5) is 5.82 Å². The van der Waals surface area contributed by atoms with Crippen molar-refractivity contribution in [3.63, 3.8) is 0 Å². The van der Waals surface area contributed by atoms with Gasteiger partial charge in [-0.1, -0.05) is 33.3 Å². The molecule has 0 bridgehead atoms. The van der Waals surface area contributed by atoms with Gasteiger partial charge in [-0.25, -0.2) is 4.98 Å². The molecule has 0 spiro atoms. The fourth-order valence-corrected chi connectivity index (χ4v) is 2.80. The number of anilines is 1. The summed E-state index contributed by atoms with van der Waals surface area (Å²) in [5, 5.41) is 3.47. The second-order valence-corrected chi connectivity index (χ2v) is 6.35. The third kappa shape index (κ3) is 4.48. The van der Waals surface area contributed by atoms with Crippen LogP contribution in [0.25, 0.3) is 0 Å². The molecular weight excluding hydrogens is 246 g/mol. The minimum absolute atomic E-state index is 0.686. The molecule has 0 unspecified atom stereocenters. The lowest BCUT2D eigenvalue weighted by Gasteiger charge is -2.32. The molecule has 20 heavy (non-hydrogen) atoms. The Hall–Kier alpha value is -1.09. The van der Waals surface area contributed by atoms with Crippen LogP contribution in [0.15, 0.2) is 18.2 Å². The highest BCUT2D eigenvalue weighted by Gasteiger charge is 2.18. The molecule has 2 rings (SSSR count). The van der Waals surface area contributed by atoms with E-state index in [1.54, 1.807) is 0 Å². The first kappa shape index (κ1) is 15.3. The van der Waals surface area contributed by atoms with E-state index in [2.05, 4.69) is 49.2 Å². The van der Waals surface area contributed by atoms with E-state index in [1.165, 1.54) is 19.3 Å². The topological polar surface area (TPSA) is 28.2 Å². The smallest absolute Gasteiger partial charge is 0.128 e. The van der Waals surface area contributed by atoms with Crippen LogP contribution in [-0.4, -0.2) is 24.6 Å². The maximum absolute atomic E-state index is 4.81. The molecule has 1 aromatic heterocycles. The molecule has 1 saturated heterocycles. The summed E-state index contributed by atoms with van der Waals surface area (Å²) in [7, 11) is 0. The second-order valence-electron chi connectivity index (χ2n) is 6.35. The van der Waals surface area contributed by atoms with E-state index in [0.29, 0.717) is 5.92 Å². The van der Waals surface area contributed by atoms with Gasteiger partial charge in [0.2, 0.25) is 0 Å². The van der Waals surface area contributed by atoms with Gasteiger partial charge in [0, 0.05) is 19.6 Å². The summed E-state index contributed by atoms with van der Waals surface area (Å²) in [5.74, 6) is 2.76. The van der Waals surface area contributed by atoms with Crippen molar-refractivity contribution in [3.8, 4) is 0 Å². The lowest BCUT2D eigenvalue weighted by atomic mass is 9.94. The number of rotatable bonds is 6. The zero-order valence-corrected chi connectivity index (χ0v) is 13.2. The molecule has 1 aliphatic rings. The van der Waals surface area contributed by atoms with Gasteiger partial charge in [-0.15, -0.1) is 0 Å². The number of nitrogens with zero attached hydrogens (tertiary/aromatic N) is 2. The first-order valence-corrected chi connectivity index (χ1v) is 8.10. The van der Waals surface area contributed by atoms with E-state index in [-0.39, 0.29) is 0 Å². The molecule has 0 aromatic carbocycles. The largest absolute Gasteiger partial charge is 0.357 e. The fourth-order valence-electron chi connectivity index (χ4n) is 2.80. The highest BCUT2D eigenvalue weighted by Crippen LogP contribution is 2.23. The zero-order chi connectivity index (χ0) is 14.4. The van der Waals surface area contributed by atoms with Crippen molar-refractivity contribution in [3.05, 3.63) is 23.9 Å². The standard InChI is InChI=1S/C17H29N3/c1-4-15-8-10-20(11-9-15)17-7-5-6-16(19-17)13-18-12-14(2)3/h5-7,14-15,18H,4,8-13H2,1-3H3. The van der Waals surface area contributed by atoms with Crippen molar-refractivity contribution in [2.45, 2.75) is 46.6 Å². The normalized spacial score (nSPS) is 16.9. The predicted octanol–water partition coefficient (Wildman–Crippen LogP) is 3.45. The minimum Gasteiger partial charge on any atom is -0.357 e. The molecule has 1 fully saturated rings. The second kappa shape index (κ2) is 7.63. The Bertz CT molecular complexity index is 395. The predicted molar refractivity (Wildman–Crippen MR) is 86.0 cm³/mol. The summed E-state index contributed by atoms with van der Waals surface area (Å²) in [4.78, 5) is 7.25. The number of hydrogen-bond acceptors (Lipinski definition) is 3. The van der Waals surface area contributed by atoms with Gasteiger partial charge in [-0.2, -0.15) is 0 Å². The summed E-state index contributed by atoms with van der Waals surface area (Å²) < 4.78 is 0. The SMILES string of the molecule is CCC1CCN(c2cccc(CNCC(C)C)n2)CC1. The number of hydrogen-bond donors (Lipinski definition) is 1. The van der Waals surface area contributed by atoms with Gasteiger partial charge in [-0.3, -0.25) is 0 Å². The van der Waals surface area contributed by atoms with Crippen LogP contribution in [0.1, 0.15) is 45.7 Å². The van der Waals surface area contributed by atoms with Gasteiger partial charge in [0.25, 0.3) is 0 Å². The third-order valence-corrected chi connectivity index (χ3v) is 4.17. The molecule has 0 saturated carbocycles. The van der Waals surface area contributed by atoms with Crippen molar-refractivity contribution in [2.75, 3.05) is 24.5 Å². The van der Waals surface area contributed by atoms with Gasteiger partial charge in [0.15, 0.2) is 0 Å². The lowest BCUT2D eigenvalue weighted by molar-refractivity contribution is 0.393. The van der Waals surface area contributed by atoms with Crippen LogP contribution >= 0.6 is 0 Å². The molecule has 1 aliphatic heterocycles. The van der Waals surface area contributed by atoms with Crippen molar-refractivity contribution in [1.82, 2.24) is 10.3 Å². The van der Waals surface area contributed by atoms with Crippen LogP contribution in [0, 0.1) is 11.8 Å². The van der Waals surface area contributed by atoms with Crippen molar-refractivity contribution < 1.29 is 0 Å². The summed E-state index contributed by atoms with van der Waals surface area (Å²) in [6, 6.07) is 6.41. The zero-order valence-electron chi connectivity index (χ0n) is 13.2. The molecule has 0 aliphatic carbocycles. The molecule has 3 nitrogen and oxygen atoms in total. The highest BCUT2D eigenvalue weighted by atomic mass is 15.2. The van der Waals surface area contributed by atoms with Crippen LogP contribution in [-0.2, 0) is 6.54 Å². The van der Waals surface area contributed by atoms with E-state index in [0.717, 1.165) is 43.6 Å². The first-order valence-electron chi connectivity index (χ1n) is 8.10. The van der Waals surface area contributed by atoms with Gasteiger partial charge in [-0.05, 0) is 43.4 Å². The Morgan fingerprint density at radius 3 is 2.70 bits per heavy atom. The van der Waals surface area contributed by atoms with Crippen LogP contribution in [0.2, 0.25) is 0 Å². The Labute approximate surface area is 123 Å². The maximum Gasteiger partial charge on any atom is 0.128 e. The molecular formula is C17H29N3. The molecule has 0 amide bonds. The molecule has 0 radical (unpaired) electrons. The van der Waals surface area contributed by atoms with E-state index >= 15 is 0 Å². The number of piperidine rings is 1. The molecule has 0 atom stereocenters. The maximum atomic E-state index is 4.81. The molecule has 1 N–H and O–H groups in total. The summed E-state index contributed by atoms with van der Waals surface area (Å²) in [6.07, 6.45) is 3.95. The number of aromatic nitrogens is 1. The van der Waals surface area contributed by atoms with Crippen molar-refractivity contribution in [2.24, 2.45) is 11.8 Å². The van der Waals surface area contributed by atoms with E-state index in [1.807, 2.05) is 0 Å². The number of nitrogens with one attached hydrogen (secondary N) is 1. The van der Waals surface area contributed by atoms with E-state index in [4.69, 9.17) is 4.98 Å². The molecule has 112 valence electrons. The Kier molecular flexibility index (Phi) is 5.84. The summed E-state index contributed by atoms with van der Waals surface area (Å²) in [6.45, 7) is 11.0. The summed E-state index contributed by atoms with van der Waals surface area (Å²) >= 11 is 0.